The summed E-state index contributed by atoms with van der Waals surface area (Å²) >= 11 is 0. The Morgan fingerprint density at radius 2 is 0.736 bits per heavy atom. The number of nitrogens with zero attached hydrogens (tertiary/aromatic N) is 17. The second-order valence-electron chi connectivity index (χ2n) is 28.1. The minimum atomic E-state index is -1.31. The summed E-state index contributed by atoms with van der Waals surface area (Å²) in [4.78, 5) is 128. The van der Waals surface area contributed by atoms with Gasteiger partial charge in [-0.1, -0.05) is 0 Å². The monoisotopic (exact) mass is 1760 g/mol. The van der Waals surface area contributed by atoms with Crippen LogP contribution in [-0.4, -0.2) is 290 Å². The number of hydrogen-bond donors (Lipinski definition) is 13. The third-order valence-corrected chi connectivity index (χ3v) is 19.7. The van der Waals surface area contributed by atoms with Gasteiger partial charge in [0, 0.05) is 98.4 Å². The van der Waals surface area contributed by atoms with Gasteiger partial charge in [0.25, 0.3) is 12.1 Å². The van der Waals surface area contributed by atoms with Crippen molar-refractivity contribution in [3.63, 3.8) is 0 Å². The van der Waals surface area contributed by atoms with Crippen molar-refractivity contribution in [1.82, 2.24) is 66.9 Å². The number of anilines is 7. The second kappa shape index (κ2) is 44.9. The van der Waals surface area contributed by atoms with E-state index in [9.17, 15) is 63.9 Å². The molecule has 7 aromatic rings. The maximum absolute atomic E-state index is 11.7. The minimum absolute atomic E-state index is 0.0180. The Balaban J connectivity index is 0.000000165. The average molecular weight is 1760 g/mol. The van der Waals surface area contributed by atoms with Crippen molar-refractivity contribution >= 4 is 47.0 Å². The molecule has 0 aromatic carbocycles. The lowest BCUT2D eigenvalue weighted by molar-refractivity contribution is -0.114. The molecule has 15 heterocycles. The number of ether oxygens (including phenoxy) is 14. The molecule has 52 heteroatoms. The van der Waals surface area contributed by atoms with Crippen LogP contribution in [0.5, 0.6) is 0 Å². The van der Waals surface area contributed by atoms with Gasteiger partial charge in [0.15, 0.2) is 48.9 Å². The summed E-state index contributed by atoms with van der Waals surface area (Å²) in [6, 6.07) is 9.23. The van der Waals surface area contributed by atoms with Gasteiger partial charge in [-0.15, -0.1) is 0 Å². The molecule has 7 aromatic heterocycles. The number of fused-ring (bicyclic) bond motifs is 1. The summed E-state index contributed by atoms with van der Waals surface area (Å²) in [5.74, 6) is 0.626. The fraction of sp³-hybridized carbons (Fsp3) is 0.534. The van der Waals surface area contributed by atoms with Crippen LogP contribution in [0.3, 0.4) is 0 Å². The molecule has 676 valence electrons. The van der Waals surface area contributed by atoms with Gasteiger partial charge in [-0.25, -0.2) is 51.6 Å². The van der Waals surface area contributed by atoms with E-state index in [-0.39, 0.29) is 103 Å². The van der Waals surface area contributed by atoms with E-state index < -0.39 is 151 Å². The van der Waals surface area contributed by atoms with Gasteiger partial charge < -0.3 is 152 Å². The molecule has 1 unspecified atom stereocenters. The van der Waals surface area contributed by atoms with Gasteiger partial charge in [-0.3, -0.25) is 32.0 Å². The highest BCUT2D eigenvalue weighted by molar-refractivity contribution is 5.55. The van der Waals surface area contributed by atoms with Crippen LogP contribution in [0.25, 0.3) is 14.5 Å². The van der Waals surface area contributed by atoms with E-state index in [1.54, 1.807) is 32.6 Å². The van der Waals surface area contributed by atoms with Crippen molar-refractivity contribution in [2.75, 3.05) is 129 Å². The van der Waals surface area contributed by atoms with Crippen LogP contribution >= 0.6 is 0 Å². The van der Waals surface area contributed by atoms with E-state index in [1.807, 2.05) is 0 Å². The third kappa shape index (κ3) is 24.1. The molecular formula is C73H96N24O28. The number of carbonyl (C=O) groups is 1. The van der Waals surface area contributed by atoms with Gasteiger partial charge >= 0.3 is 39.8 Å². The van der Waals surface area contributed by atoms with Crippen molar-refractivity contribution in [1.29, 1.82) is 0 Å². The molecule has 0 saturated carbocycles. The molecule has 7 saturated heterocycles. The standard InChI is InChI=1S/C11H14N4O4.C11H14N4O3.C11H12N4O3.C11H15N3O4.C10H15N3O5.C10H13N3O4.C9H13N3O5/c1-13-8-6(5-18-2)19-10(9(8)16)15-4-3-7(12)14-11(15)17;2*1-13-7-5-10(18-8(7)6-17-2)15-4-3-9(12)14-11(15)16;1-17-6-8-7(5-15)4-10(18-8)14-3-2-9(12)13-11(14)16;1-17-4-5-7(14)8(15)9(18-5)13-3-2-6(11)12-10(13)16;1-15-4-5-7-8(17-7)9(16-5)13-3-2-6(11)12-10(13)14;10-5-1-2-12(9(16)11-5)8-7(15)6(14)4(3-13)17-8/h3-4,6,8-10,16H,5H2,2H3,(H2,12,14,17);3-4,7-8,10H,5-6H2,2H3,(H2,12,14,16);3-5,8,10H,6H2,2H3,(H2,12,14,16);2-3,5,7-8,10H,4,6H2,1H3,(H2,12,13,16);2-3,5,7-9,14-15H,4H2,1H3,(H2,11,12,16);2-3,5,7-9H,4H2,1H3,(H2,11,12,14);1-2,4,6-8,13-15H,3H2,(H2,10,11,16)/t6-,8-,9+,10-;7?,8-,10-;8-,10-;7-,8-,10-;5-,7-,8-,9-;5-,7+,8+,9-;4-,6-,7-,8-/m1111111/s1. The lowest BCUT2D eigenvalue weighted by atomic mass is 10.0. The van der Waals surface area contributed by atoms with Crippen molar-refractivity contribution in [3.8, 4) is 0 Å². The summed E-state index contributed by atoms with van der Waals surface area (Å²) in [6.45, 7) is 22.4. The van der Waals surface area contributed by atoms with E-state index in [2.05, 4.69) is 49.4 Å². The fourth-order valence-corrected chi connectivity index (χ4v) is 13.5. The van der Waals surface area contributed by atoms with Gasteiger partial charge in [-0.2, -0.15) is 34.9 Å². The summed E-state index contributed by atoms with van der Waals surface area (Å²) < 4.78 is 82.4. The average Bonchev–Trinajstić information content (AvgIpc) is 1.58. The van der Waals surface area contributed by atoms with Crippen molar-refractivity contribution in [2.24, 2.45) is 5.92 Å². The van der Waals surface area contributed by atoms with Crippen LogP contribution in [0, 0.1) is 25.6 Å². The molecule has 0 aliphatic carbocycles. The highest BCUT2D eigenvalue weighted by Gasteiger charge is 2.59. The first-order valence-corrected chi connectivity index (χ1v) is 37.7. The molecule has 0 spiro atoms. The van der Waals surface area contributed by atoms with Crippen LogP contribution in [-0.2, 0) is 71.1 Å². The molecule has 7 fully saturated rings. The van der Waals surface area contributed by atoms with Gasteiger partial charge in [0.1, 0.15) is 127 Å². The number of carbonyl (C=O) groups excluding carboxylic acids is 1. The Morgan fingerprint density at radius 1 is 0.392 bits per heavy atom. The van der Waals surface area contributed by atoms with E-state index in [0.717, 1.165) is 20.0 Å². The zero-order chi connectivity index (χ0) is 91.2. The molecule has 0 radical (unpaired) electrons. The SMILES string of the molecule is COC[C@H]1O[C@@H](n2ccc(N)nc2=O)C[C@@H]1C=O.COC[C@H]1O[C@@H](n2ccc(N)nc2=O)[C@H](O)[C@@H]1O.COC[C@H]1O[C@@H](n2ccc(N)nc2=O)[C@H]2O[C@H]21.Nc1ccn([C@@H]2O[C@H](CO)[C@@H](O)[C@H]2O)c(=O)n1.[C-]#[N+]C1=C[C@H](n2ccc(N)nc2=O)O[C@@H]1COC.[C-]#[N+]C1C[C@H](n2ccc(N)nc2=O)O[C@@H]1COC.[C-]#[N+][C@H]1[C@H](O)[C@H](n2ccc(N)nc2=O)O[C@@H]1COC. The normalized spacial score (nSPS) is 29.4. The Morgan fingerprint density at radius 3 is 1.13 bits per heavy atom. The van der Waals surface area contributed by atoms with Gasteiger partial charge in [0.05, 0.1) is 65.3 Å². The number of aliphatic hydroxyl groups excluding tert-OH is 6. The zero-order valence-electron chi connectivity index (χ0n) is 67.8. The number of hydrogen-bond acceptors (Lipinski definition) is 42. The molecule has 52 nitrogen and oxygen atoms in total. The molecule has 0 amide bonds. The predicted molar refractivity (Wildman–Crippen MR) is 429 cm³/mol. The summed E-state index contributed by atoms with van der Waals surface area (Å²) in [5, 5.41) is 57.8. The second-order valence-corrected chi connectivity index (χ2v) is 28.1. The van der Waals surface area contributed by atoms with Crippen LogP contribution in [0.1, 0.15) is 56.4 Å². The number of nitrogen functional groups attached to an aromatic ring is 7. The Hall–Kier alpha value is -12.2. The minimum Gasteiger partial charge on any atom is -0.394 e. The number of epoxide rings is 1. The largest absolute Gasteiger partial charge is 0.394 e. The summed E-state index contributed by atoms with van der Waals surface area (Å²) in [5.41, 5.74) is 34.3. The summed E-state index contributed by atoms with van der Waals surface area (Å²) in [7, 11) is 9.14. The molecule has 15 rings (SSSR count). The zero-order valence-corrected chi connectivity index (χ0v) is 67.8. The highest BCUT2D eigenvalue weighted by Crippen LogP contribution is 2.44. The van der Waals surface area contributed by atoms with Crippen molar-refractivity contribution in [2.45, 2.75) is 154 Å². The first-order valence-electron chi connectivity index (χ1n) is 37.7. The molecule has 8 aliphatic rings. The van der Waals surface area contributed by atoms with Crippen molar-refractivity contribution < 1.29 is 102 Å². The maximum Gasteiger partial charge on any atom is 0.351 e. The van der Waals surface area contributed by atoms with E-state index in [1.165, 1.54) is 120 Å². The molecule has 8 aliphatic heterocycles. The topological polar surface area (TPSA) is 710 Å². The highest BCUT2D eigenvalue weighted by atomic mass is 16.7. The summed E-state index contributed by atoms with van der Waals surface area (Å²) in [6.07, 6.45) is -1.19. The molecule has 20 N–H and O–H groups in total. The number of aldehydes is 1. The van der Waals surface area contributed by atoms with Gasteiger partial charge in [-0.05, 0) is 48.5 Å². The first kappa shape index (κ1) is 96.7. The van der Waals surface area contributed by atoms with Gasteiger partial charge in [0.2, 0.25) is 0 Å². The number of rotatable bonds is 21. The smallest absolute Gasteiger partial charge is 0.351 e. The van der Waals surface area contributed by atoms with Crippen LogP contribution in [0.2, 0.25) is 0 Å². The number of aromatic nitrogens is 14. The lowest BCUT2D eigenvalue weighted by Gasteiger charge is -2.18. The Labute approximate surface area is 707 Å². The third-order valence-electron chi connectivity index (χ3n) is 19.7. The Kier molecular flexibility index (Phi) is 34.8. The van der Waals surface area contributed by atoms with Crippen molar-refractivity contribution in [3.05, 3.63) is 205 Å². The number of nitrogens with two attached hydrogens (primary N) is 7. The van der Waals surface area contributed by atoms with E-state index in [4.69, 9.17) is 131 Å². The van der Waals surface area contributed by atoms with E-state index >= 15 is 0 Å². The van der Waals surface area contributed by atoms with Crippen LogP contribution in [0.4, 0.5) is 40.7 Å². The number of aliphatic hydroxyl groups is 6. The predicted octanol–water partition coefficient (Wildman–Crippen LogP) is -6.52. The van der Waals surface area contributed by atoms with E-state index in [0.29, 0.717) is 38.4 Å². The number of methoxy groups -OCH3 is 6. The first-order chi connectivity index (χ1) is 59.8. The van der Waals surface area contributed by atoms with Crippen LogP contribution < -0.4 is 80.0 Å². The van der Waals surface area contributed by atoms with Crippen LogP contribution in [0.15, 0.2) is 131 Å². The Bertz CT molecular complexity index is 5390. The molecule has 125 heavy (non-hydrogen) atoms. The quantitative estimate of drug-likeness (QED) is 0.0181. The molecule has 24 atom stereocenters. The fourth-order valence-electron chi connectivity index (χ4n) is 13.5. The molecular weight excluding hydrogens is 1660 g/mol. The lowest BCUT2D eigenvalue weighted by Crippen LogP contribution is -2.36. The maximum atomic E-state index is 11.7. The molecule has 0 bridgehead atoms.